The second-order valence-corrected chi connectivity index (χ2v) is 7.27. The van der Waals surface area contributed by atoms with Crippen molar-refractivity contribution in [1.82, 2.24) is 10.6 Å². The Hall–Kier alpha value is -3.60. The van der Waals surface area contributed by atoms with Crippen molar-refractivity contribution in [2.24, 2.45) is 5.73 Å². The number of carbonyl (C=O) groups excluding carboxylic acids is 3. The maximum absolute atomic E-state index is 12.2. The first-order valence-electron chi connectivity index (χ1n) is 9.04. The van der Waals surface area contributed by atoms with Crippen molar-refractivity contribution < 1.29 is 39.4 Å². The van der Waals surface area contributed by atoms with Gasteiger partial charge >= 0.3 is 17.2 Å². The molecule has 13 heteroatoms. The minimum absolute atomic E-state index is 0.111. The van der Waals surface area contributed by atoms with E-state index >= 15 is 0 Å². The van der Waals surface area contributed by atoms with Crippen LogP contribution in [0.4, 0.5) is 10.5 Å². The number of hydrogen-bond acceptors (Lipinski definition) is 8. The first-order chi connectivity index (χ1) is 15.0. The number of nitrogens with two attached hydrogens (primary N) is 1. The summed E-state index contributed by atoms with van der Waals surface area (Å²) < 4.78 is 0. The van der Waals surface area contributed by atoms with Gasteiger partial charge in [-0.2, -0.15) is 5.06 Å². The molecule has 1 aromatic rings. The van der Waals surface area contributed by atoms with Gasteiger partial charge in [-0.1, -0.05) is 17.7 Å². The first kappa shape index (κ1) is 26.4. The molecule has 2 unspecified atom stereocenters. The fourth-order valence-electron chi connectivity index (χ4n) is 2.17. The molecule has 3 amide bonds. The number of carbonyl (C=O) groups is 5. The summed E-state index contributed by atoms with van der Waals surface area (Å²) in [6, 6.07) is 3.19. The van der Waals surface area contributed by atoms with Crippen molar-refractivity contribution in [3.8, 4) is 12.3 Å². The number of anilines is 1. The number of carboxylic acids is 2. The highest BCUT2D eigenvalue weighted by Gasteiger charge is 2.25. The van der Waals surface area contributed by atoms with Crippen LogP contribution in [0.25, 0.3) is 0 Å². The van der Waals surface area contributed by atoms with Gasteiger partial charge in [0, 0.05) is 17.7 Å². The zero-order valence-corrected chi connectivity index (χ0v) is 17.5. The molecule has 1 rings (SSSR count). The monoisotopic (exact) mass is 466 g/mol. The topological polar surface area (TPSA) is 199 Å². The number of benzene rings is 1. The molecule has 0 fully saturated rings. The van der Waals surface area contributed by atoms with Crippen molar-refractivity contribution in [3.05, 3.63) is 29.8 Å². The van der Waals surface area contributed by atoms with Crippen molar-refractivity contribution in [2.45, 2.75) is 24.9 Å². The molecule has 0 radical (unpaired) electrons. The van der Waals surface area contributed by atoms with Crippen LogP contribution in [0.2, 0.25) is 0 Å². The highest BCUT2D eigenvalue weighted by Crippen LogP contribution is 2.19. The molecule has 0 aliphatic carbocycles. The fraction of sp³-hybridized carbons (Fsp3) is 0.316. The summed E-state index contributed by atoms with van der Waals surface area (Å²) in [5.74, 6) is -2.20. The average molecular weight is 466 g/mol. The van der Waals surface area contributed by atoms with E-state index in [-0.39, 0.29) is 24.3 Å². The molecule has 0 heterocycles. The Balaban J connectivity index is 2.76. The van der Waals surface area contributed by atoms with E-state index in [1.165, 1.54) is 24.3 Å². The van der Waals surface area contributed by atoms with Crippen LogP contribution in [-0.2, 0) is 19.2 Å². The first-order valence-corrected chi connectivity index (χ1v) is 10.0. The van der Waals surface area contributed by atoms with Crippen molar-refractivity contribution >= 4 is 46.4 Å². The second-order valence-electron chi connectivity index (χ2n) is 6.29. The number of hydroxylamine groups is 1. The van der Waals surface area contributed by atoms with Crippen LogP contribution in [-0.4, -0.2) is 68.8 Å². The van der Waals surface area contributed by atoms with E-state index in [1.807, 2.05) is 0 Å². The Bertz CT molecular complexity index is 900. The lowest BCUT2D eigenvalue weighted by Gasteiger charge is -2.19. The lowest BCUT2D eigenvalue weighted by Crippen LogP contribution is -2.50. The molecule has 0 saturated heterocycles. The quantitative estimate of drug-likeness (QED) is 0.142. The maximum atomic E-state index is 12.2. The molecule has 2 atom stereocenters. The predicted molar refractivity (Wildman–Crippen MR) is 114 cm³/mol. The number of hydrogen-bond donors (Lipinski definition) is 6. The van der Waals surface area contributed by atoms with Crippen molar-refractivity contribution in [1.29, 1.82) is 0 Å². The Morgan fingerprint density at radius 2 is 1.78 bits per heavy atom. The van der Waals surface area contributed by atoms with E-state index in [4.69, 9.17) is 22.4 Å². The van der Waals surface area contributed by atoms with Gasteiger partial charge in [0.15, 0.2) is 0 Å². The Labute approximate surface area is 187 Å². The van der Waals surface area contributed by atoms with Gasteiger partial charge in [-0.3, -0.25) is 29.2 Å². The second kappa shape index (κ2) is 13.0. The highest BCUT2D eigenvalue weighted by molar-refractivity contribution is 8.13. The Morgan fingerprint density at radius 1 is 1.16 bits per heavy atom. The van der Waals surface area contributed by atoms with Gasteiger partial charge in [-0.25, -0.2) is 0 Å². The smallest absolute Gasteiger partial charge is 0.322 e. The van der Waals surface area contributed by atoms with Crippen LogP contribution < -0.4 is 21.4 Å². The molecule has 12 nitrogen and oxygen atoms in total. The predicted octanol–water partition coefficient (Wildman–Crippen LogP) is -0.406. The number of thioether (sulfide) groups is 1. The fourth-order valence-corrected chi connectivity index (χ4v) is 2.94. The van der Waals surface area contributed by atoms with Gasteiger partial charge in [-0.05, 0) is 30.7 Å². The van der Waals surface area contributed by atoms with Crippen LogP contribution in [0, 0.1) is 12.3 Å². The third-order valence-corrected chi connectivity index (χ3v) is 4.81. The zero-order valence-electron chi connectivity index (χ0n) is 16.7. The summed E-state index contributed by atoms with van der Waals surface area (Å²) >= 11 is 0.486. The zero-order chi connectivity index (χ0) is 24.3. The van der Waals surface area contributed by atoms with Crippen LogP contribution in [0.5, 0.6) is 0 Å². The van der Waals surface area contributed by atoms with Gasteiger partial charge in [0.1, 0.15) is 18.6 Å². The summed E-state index contributed by atoms with van der Waals surface area (Å²) in [6.07, 6.45) is 4.72. The molecular formula is C19H22N4O8S. The van der Waals surface area contributed by atoms with E-state index in [1.54, 1.807) is 0 Å². The standard InChI is InChI=1S/C19H22N4O8S/c1-2-11-3-5-12(6-4-11)23(31)19(30)32-10-14(17(27)21-9-16(25)26)22-15(24)8-7-13(20)18(28)29/h1,3-6,13-14,31H,7-10,20H2,(H,21,27)(H,22,24)(H,25,26)(H,28,29). The third-order valence-electron chi connectivity index (χ3n) is 3.89. The van der Waals surface area contributed by atoms with E-state index in [9.17, 15) is 29.2 Å². The summed E-state index contributed by atoms with van der Waals surface area (Å²) in [4.78, 5) is 57.9. The van der Waals surface area contributed by atoms with E-state index in [2.05, 4.69) is 16.6 Å². The molecule has 0 aromatic heterocycles. The highest BCUT2D eigenvalue weighted by atomic mass is 32.2. The number of nitrogens with zero attached hydrogens (tertiary/aromatic N) is 1. The van der Waals surface area contributed by atoms with Gasteiger partial charge in [0.25, 0.3) is 0 Å². The van der Waals surface area contributed by atoms with E-state index in [0.29, 0.717) is 22.4 Å². The number of amides is 3. The van der Waals surface area contributed by atoms with Crippen molar-refractivity contribution in [3.63, 3.8) is 0 Å². The van der Waals surface area contributed by atoms with Gasteiger partial charge < -0.3 is 26.6 Å². The minimum atomic E-state index is -1.34. The molecule has 0 aliphatic heterocycles. The Kier molecular flexibility index (Phi) is 10.7. The largest absolute Gasteiger partial charge is 0.480 e. The lowest BCUT2D eigenvalue weighted by molar-refractivity contribution is -0.139. The van der Waals surface area contributed by atoms with E-state index in [0.717, 1.165) is 0 Å². The van der Waals surface area contributed by atoms with E-state index < -0.39 is 47.6 Å². The SMILES string of the molecule is C#Cc1ccc(N(O)C(=O)SCC(NC(=O)CCC(N)C(=O)O)C(=O)NCC(=O)O)cc1. The van der Waals surface area contributed by atoms with Gasteiger partial charge in [0.05, 0.1) is 5.69 Å². The van der Waals surface area contributed by atoms with Crippen molar-refractivity contribution in [2.75, 3.05) is 17.4 Å². The molecule has 1 aromatic carbocycles. The summed E-state index contributed by atoms with van der Waals surface area (Å²) in [6.45, 7) is -0.721. The number of nitrogens with one attached hydrogen (secondary N) is 2. The normalized spacial score (nSPS) is 12.0. The van der Waals surface area contributed by atoms with Crippen LogP contribution in [0.3, 0.4) is 0 Å². The molecule has 0 aliphatic rings. The molecule has 32 heavy (non-hydrogen) atoms. The number of rotatable bonds is 11. The molecule has 172 valence electrons. The molecule has 0 spiro atoms. The van der Waals surface area contributed by atoms with Gasteiger partial charge in [0.2, 0.25) is 11.8 Å². The average Bonchev–Trinajstić information content (AvgIpc) is 2.77. The number of terminal acetylenes is 1. The van der Waals surface area contributed by atoms with Crippen LogP contribution in [0.15, 0.2) is 24.3 Å². The Morgan fingerprint density at radius 3 is 2.31 bits per heavy atom. The van der Waals surface area contributed by atoms with Gasteiger partial charge in [-0.15, -0.1) is 6.42 Å². The number of carboxylic acid groups (broad SMARTS) is 2. The molecule has 7 N–H and O–H groups in total. The number of aliphatic carboxylic acids is 2. The molecule has 0 bridgehead atoms. The lowest BCUT2D eigenvalue weighted by atomic mass is 10.1. The third kappa shape index (κ3) is 9.04. The molecular weight excluding hydrogens is 444 g/mol. The summed E-state index contributed by atoms with van der Waals surface area (Å²) in [5, 5.41) is 31.3. The van der Waals surface area contributed by atoms with Crippen LogP contribution in [0.1, 0.15) is 18.4 Å². The summed E-state index contributed by atoms with van der Waals surface area (Å²) in [5.41, 5.74) is 5.97. The molecule has 0 saturated carbocycles. The minimum Gasteiger partial charge on any atom is -0.480 e. The maximum Gasteiger partial charge on any atom is 0.322 e. The summed E-state index contributed by atoms with van der Waals surface area (Å²) in [7, 11) is 0. The van der Waals surface area contributed by atoms with Crippen LogP contribution >= 0.6 is 11.8 Å².